The third kappa shape index (κ3) is 2.75. The maximum atomic E-state index is 12.0. The van der Waals surface area contributed by atoms with E-state index < -0.39 is 0 Å². The van der Waals surface area contributed by atoms with Crippen molar-refractivity contribution >= 4 is 11.0 Å². The SMILES string of the molecule is CCC=CCCn1c(=O)ccc2c(C)c(C)cnc21. The van der Waals surface area contributed by atoms with Crippen LogP contribution in [0.15, 0.2) is 35.3 Å². The minimum atomic E-state index is 0.0214. The Morgan fingerprint density at radius 3 is 2.79 bits per heavy atom. The zero-order chi connectivity index (χ0) is 13.8. The summed E-state index contributed by atoms with van der Waals surface area (Å²) in [5.41, 5.74) is 3.17. The summed E-state index contributed by atoms with van der Waals surface area (Å²) in [6.07, 6.45) is 7.98. The number of aromatic nitrogens is 2. The highest BCUT2D eigenvalue weighted by atomic mass is 16.1. The Labute approximate surface area is 113 Å². The first-order valence-electron chi connectivity index (χ1n) is 6.76. The van der Waals surface area contributed by atoms with Gasteiger partial charge in [-0.25, -0.2) is 4.98 Å². The molecule has 0 saturated heterocycles. The van der Waals surface area contributed by atoms with Crippen LogP contribution in [0.5, 0.6) is 0 Å². The second kappa shape index (κ2) is 5.83. The molecule has 0 amide bonds. The Bertz CT molecular complexity index is 668. The van der Waals surface area contributed by atoms with Crippen molar-refractivity contribution in [1.82, 2.24) is 9.55 Å². The van der Waals surface area contributed by atoms with Crippen LogP contribution in [-0.4, -0.2) is 9.55 Å². The summed E-state index contributed by atoms with van der Waals surface area (Å²) >= 11 is 0. The van der Waals surface area contributed by atoms with Gasteiger partial charge in [-0.3, -0.25) is 9.36 Å². The molecule has 0 atom stereocenters. The molecule has 0 bridgehead atoms. The molecule has 0 N–H and O–H groups in total. The van der Waals surface area contributed by atoms with Gasteiger partial charge < -0.3 is 0 Å². The van der Waals surface area contributed by atoms with E-state index in [0.717, 1.165) is 29.4 Å². The summed E-state index contributed by atoms with van der Waals surface area (Å²) in [4.78, 5) is 16.4. The van der Waals surface area contributed by atoms with Crippen molar-refractivity contribution in [2.24, 2.45) is 0 Å². The Hall–Kier alpha value is -1.90. The molecule has 0 aliphatic rings. The number of nitrogens with zero attached hydrogens (tertiary/aromatic N) is 2. The van der Waals surface area contributed by atoms with Gasteiger partial charge in [0.15, 0.2) is 0 Å². The lowest BCUT2D eigenvalue weighted by molar-refractivity contribution is 0.699. The highest BCUT2D eigenvalue weighted by molar-refractivity contribution is 5.79. The highest BCUT2D eigenvalue weighted by Gasteiger charge is 2.07. The smallest absolute Gasteiger partial charge is 0.252 e. The molecule has 2 rings (SSSR count). The average Bonchev–Trinajstić information content (AvgIpc) is 2.41. The van der Waals surface area contributed by atoms with E-state index in [9.17, 15) is 4.79 Å². The fourth-order valence-corrected chi connectivity index (χ4v) is 2.17. The first-order valence-corrected chi connectivity index (χ1v) is 6.76. The third-order valence-corrected chi connectivity index (χ3v) is 3.45. The summed E-state index contributed by atoms with van der Waals surface area (Å²) in [6.45, 7) is 6.91. The van der Waals surface area contributed by atoms with E-state index in [0.29, 0.717) is 6.54 Å². The zero-order valence-corrected chi connectivity index (χ0v) is 11.8. The second-order valence-corrected chi connectivity index (χ2v) is 4.80. The van der Waals surface area contributed by atoms with Gasteiger partial charge in [-0.15, -0.1) is 0 Å². The van der Waals surface area contributed by atoms with Crippen LogP contribution in [-0.2, 0) is 6.54 Å². The van der Waals surface area contributed by atoms with Crippen LogP contribution >= 0.6 is 0 Å². The van der Waals surface area contributed by atoms with Crippen LogP contribution < -0.4 is 5.56 Å². The third-order valence-electron chi connectivity index (χ3n) is 3.45. The number of hydrogen-bond donors (Lipinski definition) is 0. The fourth-order valence-electron chi connectivity index (χ4n) is 2.17. The number of allylic oxidation sites excluding steroid dienone is 2. The number of hydrogen-bond acceptors (Lipinski definition) is 2. The minimum Gasteiger partial charge on any atom is -0.292 e. The zero-order valence-electron chi connectivity index (χ0n) is 11.8. The monoisotopic (exact) mass is 256 g/mol. The van der Waals surface area contributed by atoms with Crippen LogP contribution in [0.4, 0.5) is 0 Å². The first-order chi connectivity index (χ1) is 9.15. The first kappa shape index (κ1) is 13.5. The summed E-state index contributed by atoms with van der Waals surface area (Å²) < 4.78 is 1.77. The van der Waals surface area contributed by atoms with E-state index in [1.54, 1.807) is 10.6 Å². The molecule has 0 aliphatic carbocycles. The molecule has 2 aromatic rings. The molecule has 0 fully saturated rings. The molecule has 0 spiro atoms. The lowest BCUT2D eigenvalue weighted by Crippen LogP contribution is -2.20. The van der Waals surface area contributed by atoms with Crippen molar-refractivity contribution in [3.8, 4) is 0 Å². The summed E-state index contributed by atoms with van der Waals surface area (Å²) in [6, 6.07) is 3.52. The molecule has 3 heteroatoms. The molecule has 100 valence electrons. The molecule has 0 saturated carbocycles. The van der Waals surface area contributed by atoms with E-state index >= 15 is 0 Å². The summed E-state index contributed by atoms with van der Waals surface area (Å²) in [7, 11) is 0. The second-order valence-electron chi connectivity index (χ2n) is 4.80. The van der Waals surface area contributed by atoms with Gasteiger partial charge >= 0.3 is 0 Å². The van der Waals surface area contributed by atoms with Crippen LogP contribution in [0, 0.1) is 13.8 Å². The molecular formula is C16H20N2O. The van der Waals surface area contributed by atoms with Gasteiger partial charge in [-0.1, -0.05) is 19.1 Å². The number of pyridine rings is 2. The summed E-state index contributed by atoms with van der Waals surface area (Å²) in [5.74, 6) is 0. The van der Waals surface area contributed by atoms with Crippen molar-refractivity contribution in [2.75, 3.05) is 0 Å². The largest absolute Gasteiger partial charge is 0.292 e. The van der Waals surface area contributed by atoms with Crippen molar-refractivity contribution in [1.29, 1.82) is 0 Å². The van der Waals surface area contributed by atoms with Crippen molar-refractivity contribution in [2.45, 2.75) is 40.2 Å². The number of aryl methyl sites for hydroxylation is 3. The van der Waals surface area contributed by atoms with Crippen LogP contribution in [0.3, 0.4) is 0 Å². The normalized spacial score (nSPS) is 11.5. The highest BCUT2D eigenvalue weighted by Crippen LogP contribution is 2.17. The minimum absolute atomic E-state index is 0.0214. The van der Waals surface area contributed by atoms with E-state index in [1.807, 2.05) is 19.2 Å². The molecular weight excluding hydrogens is 236 g/mol. The van der Waals surface area contributed by atoms with Crippen molar-refractivity contribution in [3.05, 3.63) is 52.0 Å². The average molecular weight is 256 g/mol. The Morgan fingerprint density at radius 1 is 1.26 bits per heavy atom. The van der Waals surface area contributed by atoms with Crippen LogP contribution in [0.1, 0.15) is 30.9 Å². The lowest BCUT2D eigenvalue weighted by atomic mass is 10.1. The van der Waals surface area contributed by atoms with E-state index in [-0.39, 0.29) is 5.56 Å². The molecule has 0 aliphatic heterocycles. The van der Waals surface area contributed by atoms with Gasteiger partial charge in [-0.2, -0.15) is 0 Å². The molecule has 0 aromatic carbocycles. The Kier molecular flexibility index (Phi) is 4.15. The standard InChI is InChI=1S/C16H20N2O/c1-4-5-6-7-10-18-15(19)9-8-14-13(3)12(2)11-17-16(14)18/h5-6,8-9,11H,4,7,10H2,1-3H3. The van der Waals surface area contributed by atoms with E-state index in [1.165, 1.54) is 5.56 Å². The number of fused-ring (bicyclic) bond motifs is 1. The maximum Gasteiger partial charge on any atom is 0.252 e. The number of rotatable bonds is 4. The Morgan fingerprint density at radius 2 is 2.05 bits per heavy atom. The van der Waals surface area contributed by atoms with E-state index in [2.05, 4.69) is 31.0 Å². The topological polar surface area (TPSA) is 34.9 Å². The molecule has 2 aromatic heterocycles. The van der Waals surface area contributed by atoms with Gasteiger partial charge in [0.05, 0.1) is 0 Å². The van der Waals surface area contributed by atoms with Gasteiger partial charge in [0.2, 0.25) is 0 Å². The van der Waals surface area contributed by atoms with Crippen molar-refractivity contribution < 1.29 is 0 Å². The fraction of sp³-hybridized carbons (Fsp3) is 0.375. The lowest BCUT2D eigenvalue weighted by Gasteiger charge is -2.10. The predicted octanol–water partition coefficient (Wildman–Crippen LogP) is 3.37. The van der Waals surface area contributed by atoms with Gasteiger partial charge in [0.1, 0.15) is 5.65 Å². The molecule has 0 radical (unpaired) electrons. The van der Waals surface area contributed by atoms with Crippen LogP contribution in [0.2, 0.25) is 0 Å². The van der Waals surface area contributed by atoms with Crippen molar-refractivity contribution in [3.63, 3.8) is 0 Å². The van der Waals surface area contributed by atoms with Gasteiger partial charge in [0.25, 0.3) is 5.56 Å². The Balaban J connectivity index is 2.47. The molecule has 2 heterocycles. The van der Waals surface area contributed by atoms with Crippen LogP contribution in [0.25, 0.3) is 11.0 Å². The quantitative estimate of drug-likeness (QED) is 0.786. The summed E-state index contributed by atoms with van der Waals surface area (Å²) in [5, 5.41) is 1.07. The predicted molar refractivity (Wildman–Crippen MR) is 79.5 cm³/mol. The molecule has 19 heavy (non-hydrogen) atoms. The molecule has 0 unspecified atom stereocenters. The van der Waals surface area contributed by atoms with Gasteiger partial charge in [-0.05, 0) is 43.9 Å². The molecule has 3 nitrogen and oxygen atoms in total. The maximum absolute atomic E-state index is 12.0. The van der Waals surface area contributed by atoms with Gasteiger partial charge in [0, 0.05) is 24.2 Å². The van der Waals surface area contributed by atoms with E-state index in [4.69, 9.17) is 0 Å².